The fourth-order valence-electron chi connectivity index (χ4n) is 1.50. The number of Topliss-reactive ketones (excluding diaryl/α,β-unsaturated/α-hetero) is 1. The average molecular weight is 197 g/mol. The molecule has 0 amide bonds. The minimum Gasteiger partial charge on any atom is -0.378 e. The zero-order valence-corrected chi connectivity index (χ0v) is 8.32. The van der Waals surface area contributed by atoms with Gasteiger partial charge in [-0.15, -0.1) is 11.3 Å². The van der Waals surface area contributed by atoms with E-state index in [0.717, 1.165) is 22.7 Å². The van der Waals surface area contributed by atoms with Gasteiger partial charge in [0, 0.05) is 18.4 Å². The van der Waals surface area contributed by atoms with Gasteiger partial charge in [-0.25, -0.2) is 4.98 Å². The molecule has 1 aliphatic carbocycles. The van der Waals surface area contributed by atoms with Gasteiger partial charge in [0.15, 0.2) is 5.78 Å². The predicted octanol–water partition coefficient (Wildman–Crippen LogP) is 1.81. The van der Waals surface area contributed by atoms with E-state index >= 15 is 0 Å². The molecule has 4 heteroatoms. The summed E-state index contributed by atoms with van der Waals surface area (Å²) < 4.78 is 4.98. The van der Waals surface area contributed by atoms with Gasteiger partial charge in [0.25, 0.3) is 0 Å². The molecule has 0 saturated carbocycles. The highest BCUT2D eigenvalue weighted by Gasteiger charge is 2.21. The van der Waals surface area contributed by atoms with E-state index in [-0.39, 0.29) is 5.78 Å². The Bertz CT molecular complexity index is 332. The van der Waals surface area contributed by atoms with Crippen LogP contribution in [0.25, 0.3) is 0 Å². The highest BCUT2D eigenvalue weighted by Crippen LogP contribution is 2.26. The van der Waals surface area contributed by atoms with E-state index in [4.69, 9.17) is 4.74 Å². The van der Waals surface area contributed by atoms with E-state index in [0.29, 0.717) is 18.7 Å². The number of carbonyl (C=O) groups is 1. The molecule has 1 heterocycles. The molecule has 0 fully saturated rings. The largest absolute Gasteiger partial charge is 0.378 e. The molecule has 13 heavy (non-hydrogen) atoms. The molecule has 0 N–H and O–H groups in total. The standard InChI is InChI=1S/C9H11NO2S/c1-12-5-8-10-9-6(11)3-2-4-7(9)13-8/h2-5H2,1H3. The number of rotatable bonds is 2. The van der Waals surface area contributed by atoms with E-state index in [9.17, 15) is 4.79 Å². The van der Waals surface area contributed by atoms with Gasteiger partial charge >= 0.3 is 0 Å². The zero-order valence-electron chi connectivity index (χ0n) is 7.50. The van der Waals surface area contributed by atoms with Gasteiger partial charge in [0.05, 0.1) is 6.61 Å². The molecular weight excluding hydrogens is 186 g/mol. The Hall–Kier alpha value is -0.740. The maximum Gasteiger partial charge on any atom is 0.182 e. The van der Waals surface area contributed by atoms with Crippen LogP contribution in [0.1, 0.15) is 33.2 Å². The van der Waals surface area contributed by atoms with Crippen LogP contribution >= 0.6 is 11.3 Å². The van der Waals surface area contributed by atoms with Crippen LogP contribution in [0, 0.1) is 0 Å². The smallest absolute Gasteiger partial charge is 0.182 e. The molecule has 2 rings (SSSR count). The van der Waals surface area contributed by atoms with Crippen molar-refractivity contribution in [2.45, 2.75) is 25.9 Å². The first-order valence-electron chi connectivity index (χ1n) is 4.32. The number of carbonyl (C=O) groups excluding carboxylic acids is 1. The molecule has 70 valence electrons. The lowest BCUT2D eigenvalue weighted by Crippen LogP contribution is -2.08. The fraction of sp³-hybridized carbons (Fsp3) is 0.556. The van der Waals surface area contributed by atoms with Gasteiger partial charge in [-0.2, -0.15) is 0 Å². The Morgan fingerprint density at radius 1 is 1.54 bits per heavy atom. The van der Waals surface area contributed by atoms with Crippen LogP contribution in [0.5, 0.6) is 0 Å². The van der Waals surface area contributed by atoms with Crippen LogP contribution < -0.4 is 0 Å². The first-order valence-corrected chi connectivity index (χ1v) is 5.13. The topological polar surface area (TPSA) is 39.2 Å². The van der Waals surface area contributed by atoms with Gasteiger partial charge in [-0.3, -0.25) is 4.79 Å². The molecule has 1 aromatic rings. The molecule has 0 aromatic carbocycles. The summed E-state index contributed by atoms with van der Waals surface area (Å²) in [6.45, 7) is 0.519. The minimum absolute atomic E-state index is 0.194. The summed E-state index contributed by atoms with van der Waals surface area (Å²) in [6, 6.07) is 0. The Balaban J connectivity index is 2.31. The molecule has 0 bridgehead atoms. The Morgan fingerprint density at radius 3 is 3.08 bits per heavy atom. The van der Waals surface area contributed by atoms with E-state index in [1.54, 1.807) is 18.4 Å². The maximum atomic E-state index is 11.4. The van der Waals surface area contributed by atoms with Crippen molar-refractivity contribution < 1.29 is 9.53 Å². The highest BCUT2D eigenvalue weighted by molar-refractivity contribution is 7.11. The van der Waals surface area contributed by atoms with Crippen molar-refractivity contribution in [3.8, 4) is 0 Å². The third-order valence-corrected chi connectivity index (χ3v) is 3.17. The second-order valence-electron chi connectivity index (χ2n) is 3.09. The van der Waals surface area contributed by atoms with Crippen LogP contribution in [0.15, 0.2) is 0 Å². The molecule has 0 atom stereocenters. The first-order chi connectivity index (χ1) is 6.31. The molecule has 3 nitrogen and oxygen atoms in total. The van der Waals surface area contributed by atoms with Gasteiger partial charge in [0.1, 0.15) is 10.7 Å². The summed E-state index contributed by atoms with van der Waals surface area (Å²) >= 11 is 1.61. The number of ketones is 1. The zero-order chi connectivity index (χ0) is 9.26. The lowest BCUT2D eigenvalue weighted by molar-refractivity contribution is 0.0968. The molecule has 0 spiro atoms. The molecule has 1 aromatic heterocycles. The fourth-order valence-corrected chi connectivity index (χ4v) is 2.60. The van der Waals surface area contributed by atoms with E-state index in [1.165, 1.54) is 0 Å². The van der Waals surface area contributed by atoms with Crippen LogP contribution in [-0.2, 0) is 17.8 Å². The number of methoxy groups -OCH3 is 1. The Labute approximate surface area is 80.8 Å². The number of fused-ring (bicyclic) bond motifs is 1. The number of hydrogen-bond donors (Lipinski definition) is 0. The molecule has 0 unspecified atom stereocenters. The monoisotopic (exact) mass is 197 g/mol. The van der Waals surface area contributed by atoms with Crippen molar-refractivity contribution in [1.29, 1.82) is 0 Å². The normalized spacial score (nSPS) is 15.9. The van der Waals surface area contributed by atoms with Crippen molar-refractivity contribution in [3.63, 3.8) is 0 Å². The Kier molecular flexibility index (Phi) is 2.42. The number of aryl methyl sites for hydroxylation is 1. The molecular formula is C9H11NO2S. The lowest BCUT2D eigenvalue weighted by Gasteiger charge is -2.06. The van der Waals surface area contributed by atoms with Crippen molar-refractivity contribution >= 4 is 17.1 Å². The van der Waals surface area contributed by atoms with E-state index < -0.39 is 0 Å². The summed E-state index contributed by atoms with van der Waals surface area (Å²) in [5, 5.41) is 0.919. The van der Waals surface area contributed by atoms with Crippen molar-refractivity contribution in [1.82, 2.24) is 4.98 Å². The number of aromatic nitrogens is 1. The van der Waals surface area contributed by atoms with Gasteiger partial charge in [-0.1, -0.05) is 0 Å². The predicted molar refractivity (Wildman–Crippen MR) is 50.1 cm³/mol. The second kappa shape index (κ2) is 3.55. The van der Waals surface area contributed by atoms with Gasteiger partial charge in [-0.05, 0) is 12.8 Å². The average Bonchev–Trinajstić information content (AvgIpc) is 2.49. The quantitative estimate of drug-likeness (QED) is 0.725. The van der Waals surface area contributed by atoms with Crippen LogP contribution in [-0.4, -0.2) is 17.9 Å². The number of hydrogen-bond acceptors (Lipinski definition) is 4. The minimum atomic E-state index is 0.194. The van der Waals surface area contributed by atoms with E-state index in [1.807, 2.05) is 0 Å². The van der Waals surface area contributed by atoms with Crippen LogP contribution in [0.3, 0.4) is 0 Å². The number of ether oxygens (including phenoxy) is 1. The Morgan fingerprint density at radius 2 is 2.38 bits per heavy atom. The number of nitrogens with zero attached hydrogens (tertiary/aromatic N) is 1. The van der Waals surface area contributed by atoms with Gasteiger partial charge < -0.3 is 4.74 Å². The van der Waals surface area contributed by atoms with Gasteiger partial charge in [0.2, 0.25) is 0 Å². The molecule has 0 saturated heterocycles. The van der Waals surface area contributed by atoms with E-state index in [2.05, 4.69) is 4.98 Å². The van der Waals surface area contributed by atoms with Crippen LogP contribution in [0.2, 0.25) is 0 Å². The SMILES string of the molecule is COCc1nc2c(s1)CCCC2=O. The summed E-state index contributed by atoms with van der Waals surface area (Å²) in [6.07, 6.45) is 2.63. The molecule has 0 aliphatic heterocycles. The third-order valence-electron chi connectivity index (χ3n) is 2.08. The number of thiazole rings is 1. The summed E-state index contributed by atoms with van der Waals surface area (Å²) in [4.78, 5) is 16.8. The highest BCUT2D eigenvalue weighted by atomic mass is 32.1. The van der Waals surface area contributed by atoms with Crippen LogP contribution in [0.4, 0.5) is 0 Å². The molecule has 1 aliphatic rings. The maximum absolute atomic E-state index is 11.4. The van der Waals surface area contributed by atoms with Crippen molar-refractivity contribution in [2.75, 3.05) is 7.11 Å². The van der Waals surface area contributed by atoms with Crippen molar-refractivity contribution in [2.24, 2.45) is 0 Å². The second-order valence-corrected chi connectivity index (χ2v) is 4.26. The van der Waals surface area contributed by atoms with Crippen molar-refractivity contribution in [3.05, 3.63) is 15.6 Å². The molecule has 0 radical (unpaired) electrons. The summed E-state index contributed by atoms with van der Waals surface area (Å²) in [7, 11) is 1.64. The summed E-state index contributed by atoms with van der Waals surface area (Å²) in [5.74, 6) is 0.194. The summed E-state index contributed by atoms with van der Waals surface area (Å²) in [5.41, 5.74) is 0.698. The third kappa shape index (κ3) is 1.64. The lowest BCUT2D eigenvalue weighted by atomic mass is 10.0. The first kappa shape index (κ1) is 8.84.